The molecule has 3 nitrogen and oxygen atoms in total. The largest absolute Gasteiger partial charge is 2.00 e. The summed E-state index contributed by atoms with van der Waals surface area (Å²) in [4.78, 5) is 0. The average molecular weight is 131 g/mol. The number of rotatable bonds is 0. The first-order valence-corrected chi connectivity index (χ1v) is 1.50. The molecule has 0 fully saturated rings. The molecule has 5 heavy (non-hydrogen) atoms. The van der Waals surface area contributed by atoms with Crippen molar-refractivity contribution in [2.75, 3.05) is 0 Å². The van der Waals surface area contributed by atoms with Gasteiger partial charge in [0.15, 0.2) is 0 Å². The molecule has 0 amide bonds. The predicted molar refractivity (Wildman–Crippen MR) is 9.70 cm³/mol. The Bertz CT molecular complexity index is 29.9. The van der Waals surface area contributed by atoms with Gasteiger partial charge in [0, 0.05) is 0 Å². The fourth-order valence-electron chi connectivity index (χ4n) is 0. The molecule has 0 aromatic carbocycles. The first kappa shape index (κ1) is 9.17. The van der Waals surface area contributed by atoms with Crippen molar-refractivity contribution in [3.05, 3.63) is 0 Å². The molecule has 0 unspecified atom stereocenters. The summed E-state index contributed by atoms with van der Waals surface area (Å²) in [5, 5.41) is 0. The van der Waals surface area contributed by atoms with Gasteiger partial charge in [-0.25, -0.2) is 0 Å². The van der Waals surface area contributed by atoms with E-state index in [1.165, 1.54) is 0 Å². The Balaban J connectivity index is 0. The predicted octanol–water partition coefficient (Wildman–Crippen LogP) is -1.01. The SMILES string of the molecule is O=S([O-])[O-].[V+2]. The molecule has 0 heterocycles. The number of hydrogen-bond donors (Lipinski definition) is 0. The zero-order valence-electron chi connectivity index (χ0n) is 2.08. The molecule has 0 aliphatic heterocycles. The van der Waals surface area contributed by atoms with Crippen molar-refractivity contribution in [1.82, 2.24) is 0 Å². The van der Waals surface area contributed by atoms with Crippen LogP contribution in [0.1, 0.15) is 0 Å². The molecule has 29 valence electrons. The van der Waals surface area contributed by atoms with Crippen LogP contribution in [0.15, 0.2) is 0 Å². The molecular formula is O3SV. The summed E-state index contributed by atoms with van der Waals surface area (Å²) < 4.78 is 25.3. The van der Waals surface area contributed by atoms with Gasteiger partial charge >= 0.3 is 18.6 Å². The summed E-state index contributed by atoms with van der Waals surface area (Å²) in [5.41, 5.74) is 0. The van der Waals surface area contributed by atoms with Crippen LogP contribution in [0.25, 0.3) is 0 Å². The van der Waals surface area contributed by atoms with Crippen molar-refractivity contribution in [3.8, 4) is 0 Å². The van der Waals surface area contributed by atoms with Crippen LogP contribution in [0.3, 0.4) is 0 Å². The summed E-state index contributed by atoms with van der Waals surface area (Å²) in [6, 6.07) is 0. The second kappa shape index (κ2) is 4.65. The summed E-state index contributed by atoms with van der Waals surface area (Å²) in [7, 11) is 0. The third kappa shape index (κ3) is 76.6. The van der Waals surface area contributed by atoms with Crippen LogP contribution in [0.2, 0.25) is 0 Å². The fourth-order valence-corrected chi connectivity index (χ4v) is 0. The van der Waals surface area contributed by atoms with Gasteiger partial charge in [-0.05, 0) is 0 Å². The van der Waals surface area contributed by atoms with Gasteiger partial charge in [-0.1, -0.05) is 0 Å². The van der Waals surface area contributed by atoms with Crippen LogP contribution in [0.5, 0.6) is 0 Å². The molecule has 5 heteroatoms. The minimum Gasteiger partial charge on any atom is -0.784 e. The molecule has 0 rings (SSSR count). The molecular weight excluding hydrogens is 131 g/mol. The van der Waals surface area contributed by atoms with Gasteiger partial charge in [0.25, 0.3) is 0 Å². The Labute approximate surface area is 43.8 Å². The van der Waals surface area contributed by atoms with E-state index in [0.717, 1.165) is 0 Å². The average Bonchev–Trinajstić information content (AvgIpc) is 0.811. The standard InChI is InChI=1S/H2O3S.V/c1-4(2)3;/h(H2,1,2,3);/q;+2/p-2. The Morgan fingerprint density at radius 2 is 1.40 bits per heavy atom. The van der Waals surface area contributed by atoms with E-state index in [1.807, 2.05) is 0 Å². The molecule has 0 aromatic heterocycles. The van der Waals surface area contributed by atoms with Gasteiger partial charge in [-0.15, -0.1) is 11.4 Å². The topological polar surface area (TPSA) is 63.2 Å². The fraction of sp³-hybridized carbons (Fsp3) is 0. The first-order valence-electron chi connectivity index (χ1n) is 0.500. The second-order valence-electron chi connectivity index (χ2n) is 0.204. The van der Waals surface area contributed by atoms with E-state index in [1.54, 1.807) is 0 Å². The van der Waals surface area contributed by atoms with E-state index < -0.39 is 11.4 Å². The molecule has 0 atom stereocenters. The van der Waals surface area contributed by atoms with Crippen molar-refractivity contribution in [1.29, 1.82) is 0 Å². The maximum atomic E-state index is 8.44. The van der Waals surface area contributed by atoms with Crippen LogP contribution in [-0.4, -0.2) is 13.3 Å². The zero-order chi connectivity index (χ0) is 3.58. The third-order valence-electron chi connectivity index (χ3n) is 0. The van der Waals surface area contributed by atoms with Gasteiger partial charge in [-0.2, -0.15) is 0 Å². The van der Waals surface area contributed by atoms with Crippen LogP contribution in [0, 0.1) is 0 Å². The summed E-state index contributed by atoms with van der Waals surface area (Å²) >= 11 is -3.11. The number of hydrogen-bond acceptors (Lipinski definition) is 3. The normalized spacial score (nSPS) is 7.00. The zero-order valence-corrected chi connectivity index (χ0v) is 4.29. The minimum absolute atomic E-state index is 0. The molecule has 0 saturated carbocycles. The van der Waals surface area contributed by atoms with E-state index in [9.17, 15) is 0 Å². The van der Waals surface area contributed by atoms with E-state index in [-0.39, 0.29) is 18.6 Å². The molecule has 0 N–H and O–H groups in total. The maximum absolute atomic E-state index is 8.44. The molecule has 0 aliphatic rings. The van der Waals surface area contributed by atoms with Gasteiger partial charge in [-0.3, -0.25) is 4.21 Å². The second-order valence-corrected chi connectivity index (χ2v) is 0.612. The molecule has 0 spiro atoms. The van der Waals surface area contributed by atoms with Crippen LogP contribution in [0.4, 0.5) is 0 Å². The Kier molecular flexibility index (Phi) is 8.54. The maximum Gasteiger partial charge on any atom is 2.00 e. The Morgan fingerprint density at radius 1 is 1.40 bits per heavy atom. The molecule has 0 aliphatic carbocycles. The van der Waals surface area contributed by atoms with E-state index in [0.29, 0.717) is 0 Å². The van der Waals surface area contributed by atoms with Crippen LogP contribution < -0.4 is 0 Å². The van der Waals surface area contributed by atoms with Crippen molar-refractivity contribution < 1.29 is 31.9 Å². The Hall–Kier alpha value is 0.654. The van der Waals surface area contributed by atoms with Crippen molar-refractivity contribution >= 4 is 11.4 Å². The van der Waals surface area contributed by atoms with Gasteiger partial charge in [0.05, 0.1) is 0 Å². The molecule has 0 saturated heterocycles. The van der Waals surface area contributed by atoms with Crippen molar-refractivity contribution in [3.63, 3.8) is 0 Å². The summed E-state index contributed by atoms with van der Waals surface area (Å²) in [6.45, 7) is 0. The monoisotopic (exact) mass is 131 g/mol. The van der Waals surface area contributed by atoms with E-state index in [2.05, 4.69) is 0 Å². The Morgan fingerprint density at radius 3 is 1.40 bits per heavy atom. The van der Waals surface area contributed by atoms with Gasteiger partial charge in [0.1, 0.15) is 0 Å². The summed E-state index contributed by atoms with van der Waals surface area (Å²) in [5.74, 6) is 0. The first-order chi connectivity index (χ1) is 1.73. The smallest absolute Gasteiger partial charge is 0.784 e. The molecule has 0 bridgehead atoms. The van der Waals surface area contributed by atoms with E-state index in [4.69, 9.17) is 13.3 Å². The van der Waals surface area contributed by atoms with Gasteiger partial charge < -0.3 is 9.11 Å². The minimum atomic E-state index is -3.11. The van der Waals surface area contributed by atoms with E-state index >= 15 is 0 Å². The third-order valence-corrected chi connectivity index (χ3v) is 0. The van der Waals surface area contributed by atoms with Crippen LogP contribution >= 0.6 is 0 Å². The molecule has 0 aromatic rings. The van der Waals surface area contributed by atoms with Crippen LogP contribution in [-0.2, 0) is 29.9 Å². The van der Waals surface area contributed by atoms with Crippen molar-refractivity contribution in [2.45, 2.75) is 0 Å². The van der Waals surface area contributed by atoms with Gasteiger partial charge in [0.2, 0.25) is 0 Å². The quantitative estimate of drug-likeness (QED) is 0.396. The summed E-state index contributed by atoms with van der Waals surface area (Å²) in [6.07, 6.45) is 0. The van der Waals surface area contributed by atoms with Crippen molar-refractivity contribution in [2.24, 2.45) is 0 Å². The molecule has 1 radical (unpaired) electrons.